The zero-order chi connectivity index (χ0) is 12.8. The predicted molar refractivity (Wildman–Crippen MR) is 63.7 cm³/mol. The zero-order valence-corrected chi connectivity index (χ0v) is 9.97. The summed E-state index contributed by atoms with van der Waals surface area (Å²) in [6.45, 7) is 1.70. The number of hydrogen-bond donors (Lipinski definition) is 2. The van der Waals surface area contributed by atoms with Crippen molar-refractivity contribution in [3.63, 3.8) is 0 Å². The van der Waals surface area contributed by atoms with Crippen molar-refractivity contribution in [2.24, 2.45) is 0 Å². The molecule has 0 aliphatic rings. The summed E-state index contributed by atoms with van der Waals surface area (Å²) in [4.78, 5) is 22.0. The van der Waals surface area contributed by atoms with E-state index in [1.807, 2.05) is 0 Å². The zero-order valence-electron chi connectivity index (χ0n) is 9.22. The molecule has 17 heavy (non-hydrogen) atoms. The van der Waals surface area contributed by atoms with Gasteiger partial charge in [-0.1, -0.05) is 11.6 Å². The maximum Gasteiger partial charge on any atom is 0.319 e. The number of carbonyl (C=O) groups excluding carboxylic acids is 2. The Labute approximate surface area is 103 Å². The van der Waals surface area contributed by atoms with Gasteiger partial charge < -0.3 is 10.6 Å². The molecule has 0 aliphatic carbocycles. The van der Waals surface area contributed by atoms with Crippen LogP contribution in [0.3, 0.4) is 0 Å². The molecule has 0 atom stereocenters. The highest BCUT2D eigenvalue weighted by molar-refractivity contribution is 6.31. The molecule has 4 nitrogen and oxygen atoms in total. The molecule has 0 spiro atoms. The van der Waals surface area contributed by atoms with Crippen molar-refractivity contribution in [3.8, 4) is 0 Å². The van der Waals surface area contributed by atoms with Crippen LogP contribution in [0.25, 0.3) is 0 Å². The number of ketones is 1. The first-order valence-electron chi connectivity index (χ1n) is 4.98. The lowest BCUT2D eigenvalue weighted by Gasteiger charge is -2.07. The van der Waals surface area contributed by atoms with Crippen LogP contribution in [0.1, 0.15) is 13.3 Å². The Morgan fingerprint density at radius 2 is 2.12 bits per heavy atom. The second kappa shape index (κ2) is 6.20. The van der Waals surface area contributed by atoms with E-state index in [1.54, 1.807) is 0 Å². The van der Waals surface area contributed by atoms with Crippen LogP contribution in [0.2, 0.25) is 5.02 Å². The number of carbonyl (C=O) groups is 2. The van der Waals surface area contributed by atoms with Crippen molar-refractivity contribution < 1.29 is 14.0 Å². The first-order chi connectivity index (χ1) is 7.99. The van der Waals surface area contributed by atoms with Gasteiger partial charge in [-0.3, -0.25) is 4.79 Å². The van der Waals surface area contributed by atoms with E-state index in [0.717, 1.165) is 6.07 Å². The Hall–Kier alpha value is -1.62. The largest absolute Gasteiger partial charge is 0.337 e. The third-order valence-electron chi connectivity index (χ3n) is 1.94. The van der Waals surface area contributed by atoms with Gasteiger partial charge in [0.05, 0.1) is 5.02 Å². The van der Waals surface area contributed by atoms with Crippen molar-refractivity contribution >= 4 is 29.1 Å². The molecule has 2 N–H and O–H groups in total. The number of nitrogens with one attached hydrogen (secondary N) is 2. The minimum absolute atomic E-state index is 0.00451. The number of hydrogen-bond acceptors (Lipinski definition) is 2. The molecule has 0 saturated heterocycles. The van der Waals surface area contributed by atoms with Crippen LogP contribution in [-0.2, 0) is 4.79 Å². The number of anilines is 1. The summed E-state index contributed by atoms with van der Waals surface area (Å²) in [6.07, 6.45) is 0.275. The molecule has 0 fully saturated rings. The van der Waals surface area contributed by atoms with Gasteiger partial charge in [-0.25, -0.2) is 9.18 Å². The number of rotatable bonds is 4. The van der Waals surface area contributed by atoms with Crippen LogP contribution in [0.5, 0.6) is 0 Å². The molecule has 6 heteroatoms. The highest BCUT2D eigenvalue weighted by Gasteiger charge is 2.04. The Bertz CT molecular complexity index is 437. The van der Waals surface area contributed by atoms with Gasteiger partial charge in [0.1, 0.15) is 11.6 Å². The lowest BCUT2D eigenvalue weighted by atomic mass is 10.3. The van der Waals surface area contributed by atoms with E-state index >= 15 is 0 Å². The summed E-state index contributed by atoms with van der Waals surface area (Å²) in [5.41, 5.74) is 0.386. The van der Waals surface area contributed by atoms with E-state index in [-0.39, 0.29) is 23.8 Å². The predicted octanol–water partition coefficient (Wildman–Crippen LogP) is 2.58. The Balaban J connectivity index is 2.45. The van der Waals surface area contributed by atoms with Crippen LogP contribution in [-0.4, -0.2) is 18.4 Å². The smallest absolute Gasteiger partial charge is 0.319 e. The number of amides is 2. The Morgan fingerprint density at radius 3 is 2.71 bits per heavy atom. The molecule has 0 bridgehead atoms. The van der Waals surface area contributed by atoms with Crippen LogP contribution in [0, 0.1) is 5.82 Å². The summed E-state index contributed by atoms with van der Waals surface area (Å²) >= 11 is 5.55. The fourth-order valence-electron chi connectivity index (χ4n) is 1.10. The van der Waals surface area contributed by atoms with Crippen LogP contribution >= 0.6 is 11.6 Å². The topological polar surface area (TPSA) is 58.2 Å². The van der Waals surface area contributed by atoms with Crippen molar-refractivity contribution in [1.29, 1.82) is 0 Å². The molecule has 0 heterocycles. The maximum absolute atomic E-state index is 12.8. The van der Waals surface area contributed by atoms with Gasteiger partial charge in [0.15, 0.2) is 0 Å². The van der Waals surface area contributed by atoms with Crippen molar-refractivity contribution in [1.82, 2.24) is 5.32 Å². The molecule has 1 aromatic carbocycles. The lowest BCUT2D eigenvalue weighted by Crippen LogP contribution is -2.30. The van der Waals surface area contributed by atoms with Crippen molar-refractivity contribution in [2.45, 2.75) is 13.3 Å². The first-order valence-corrected chi connectivity index (χ1v) is 5.36. The van der Waals surface area contributed by atoms with E-state index in [9.17, 15) is 14.0 Å². The molecule has 0 aliphatic heterocycles. The molecular formula is C11H12ClFN2O2. The number of halogens is 2. The van der Waals surface area contributed by atoms with Gasteiger partial charge in [0.25, 0.3) is 0 Å². The quantitative estimate of drug-likeness (QED) is 0.872. The lowest BCUT2D eigenvalue weighted by molar-refractivity contribution is -0.116. The van der Waals surface area contributed by atoms with Crippen molar-refractivity contribution in [2.75, 3.05) is 11.9 Å². The second-order valence-electron chi connectivity index (χ2n) is 3.46. The van der Waals surface area contributed by atoms with E-state index in [0.29, 0.717) is 5.69 Å². The van der Waals surface area contributed by atoms with Gasteiger partial charge >= 0.3 is 6.03 Å². The summed E-state index contributed by atoms with van der Waals surface area (Å²) in [6, 6.07) is 3.40. The minimum atomic E-state index is -0.547. The van der Waals surface area contributed by atoms with E-state index in [2.05, 4.69) is 10.6 Å². The Kier molecular flexibility index (Phi) is 4.90. The molecule has 0 aromatic heterocycles. The normalized spacial score (nSPS) is 9.82. The van der Waals surface area contributed by atoms with Gasteiger partial charge in [-0.2, -0.15) is 0 Å². The van der Waals surface area contributed by atoms with Crippen LogP contribution in [0.4, 0.5) is 14.9 Å². The highest BCUT2D eigenvalue weighted by atomic mass is 35.5. The molecular weight excluding hydrogens is 247 g/mol. The summed E-state index contributed by atoms with van der Waals surface area (Å²) in [7, 11) is 0. The standard InChI is InChI=1S/C11H12ClFN2O2/c1-7(16)4-5-14-11(17)15-8-2-3-10(13)9(12)6-8/h2-3,6H,4-5H2,1H3,(H2,14,15,17). The van der Waals surface area contributed by atoms with Gasteiger partial charge in [0, 0.05) is 18.7 Å². The van der Waals surface area contributed by atoms with E-state index in [4.69, 9.17) is 11.6 Å². The summed E-state index contributed by atoms with van der Waals surface area (Å²) in [5, 5.41) is 4.90. The van der Waals surface area contributed by atoms with Crippen LogP contribution < -0.4 is 10.6 Å². The molecule has 0 unspecified atom stereocenters. The van der Waals surface area contributed by atoms with Crippen LogP contribution in [0.15, 0.2) is 18.2 Å². The molecule has 1 rings (SSSR count). The third kappa shape index (κ3) is 4.82. The summed E-state index contributed by atoms with van der Waals surface area (Å²) < 4.78 is 12.8. The summed E-state index contributed by atoms with van der Waals surface area (Å²) in [5.74, 6) is -0.552. The first kappa shape index (κ1) is 13.4. The molecule has 92 valence electrons. The van der Waals surface area contributed by atoms with Gasteiger partial charge in [0.2, 0.25) is 0 Å². The highest BCUT2D eigenvalue weighted by Crippen LogP contribution is 2.19. The SMILES string of the molecule is CC(=O)CCNC(=O)Nc1ccc(F)c(Cl)c1. The number of benzene rings is 1. The minimum Gasteiger partial charge on any atom is -0.337 e. The van der Waals surface area contributed by atoms with E-state index in [1.165, 1.54) is 19.1 Å². The number of Topliss-reactive ketones (excluding diaryl/α,β-unsaturated/α-hetero) is 1. The maximum atomic E-state index is 12.8. The monoisotopic (exact) mass is 258 g/mol. The average molecular weight is 259 g/mol. The second-order valence-corrected chi connectivity index (χ2v) is 3.87. The molecule has 2 amide bonds. The number of urea groups is 1. The Morgan fingerprint density at radius 1 is 1.41 bits per heavy atom. The van der Waals surface area contributed by atoms with Gasteiger partial charge in [-0.15, -0.1) is 0 Å². The molecule has 0 radical (unpaired) electrons. The third-order valence-corrected chi connectivity index (χ3v) is 2.23. The van der Waals surface area contributed by atoms with Crippen molar-refractivity contribution in [3.05, 3.63) is 29.0 Å². The van der Waals surface area contributed by atoms with E-state index < -0.39 is 11.8 Å². The molecule has 0 saturated carbocycles. The fourth-order valence-corrected chi connectivity index (χ4v) is 1.28. The fraction of sp³-hybridized carbons (Fsp3) is 0.273. The van der Waals surface area contributed by atoms with Gasteiger partial charge in [-0.05, 0) is 25.1 Å². The average Bonchev–Trinajstić information content (AvgIpc) is 2.23. The molecule has 1 aromatic rings.